The zero-order valence-electron chi connectivity index (χ0n) is 15.0. The number of benzene rings is 2. The van der Waals surface area contributed by atoms with Crippen LogP contribution in [0.3, 0.4) is 0 Å². The quantitative estimate of drug-likeness (QED) is 0.752. The lowest BCUT2D eigenvalue weighted by atomic mass is 10.0. The predicted molar refractivity (Wildman–Crippen MR) is 108 cm³/mol. The van der Waals surface area contributed by atoms with Gasteiger partial charge in [0.25, 0.3) is 5.91 Å². The molecule has 0 aromatic heterocycles. The first-order valence-electron chi connectivity index (χ1n) is 9.53. The van der Waals surface area contributed by atoms with E-state index >= 15 is 0 Å². The number of nitrogens with zero attached hydrogens (tertiary/aromatic N) is 2. The van der Waals surface area contributed by atoms with E-state index < -0.39 is 0 Å². The molecule has 2 aliphatic heterocycles. The lowest BCUT2D eigenvalue weighted by Gasteiger charge is -2.36. The number of halogens is 1. The molecule has 2 aliphatic rings. The summed E-state index contributed by atoms with van der Waals surface area (Å²) in [4.78, 5) is 17.1. The van der Waals surface area contributed by atoms with Crippen LogP contribution < -0.4 is 4.74 Å². The normalized spacial score (nSPS) is 19.2. The minimum atomic E-state index is 0.0979. The van der Waals surface area contributed by atoms with E-state index in [1.807, 2.05) is 29.2 Å². The Bertz CT molecular complexity index is 781. The molecule has 0 N–H and O–H groups in total. The van der Waals surface area contributed by atoms with Gasteiger partial charge >= 0.3 is 0 Å². The molecule has 2 aromatic rings. The molecule has 0 saturated carbocycles. The van der Waals surface area contributed by atoms with Crippen molar-refractivity contribution in [3.8, 4) is 5.75 Å². The molecule has 1 amide bonds. The van der Waals surface area contributed by atoms with Gasteiger partial charge in [-0.15, -0.1) is 0 Å². The van der Waals surface area contributed by atoms with E-state index in [1.165, 1.54) is 25.9 Å². The number of amides is 1. The van der Waals surface area contributed by atoms with E-state index in [9.17, 15) is 4.79 Å². The Morgan fingerprint density at radius 2 is 1.69 bits per heavy atom. The van der Waals surface area contributed by atoms with Crippen LogP contribution in [-0.2, 0) is 4.79 Å². The van der Waals surface area contributed by atoms with E-state index in [2.05, 4.69) is 33.0 Å². The molecule has 2 fully saturated rings. The monoisotopic (exact) mass is 416 g/mol. The fourth-order valence-electron chi connectivity index (χ4n) is 4.11. The highest BCUT2D eigenvalue weighted by Gasteiger charge is 2.28. The second kappa shape index (κ2) is 7.97. The molecule has 0 atom stereocenters. The van der Waals surface area contributed by atoms with Crippen LogP contribution in [0.25, 0.3) is 10.8 Å². The molecule has 0 unspecified atom stereocenters. The Labute approximate surface area is 163 Å². The topological polar surface area (TPSA) is 32.8 Å². The standard InChI is InChI=1S/C21H25BrN2O2/c22-18-5-3-17-14-20(6-4-16(17)13-18)26-15-21(25)24-11-7-19(8-12-24)23-9-1-2-10-23/h3-6,13-14,19H,1-2,7-12,15H2. The maximum Gasteiger partial charge on any atom is 0.260 e. The second-order valence-corrected chi connectivity index (χ2v) is 8.21. The summed E-state index contributed by atoms with van der Waals surface area (Å²) in [5.74, 6) is 0.848. The summed E-state index contributed by atoms with van der Waals surface area (Å²) in [5.41, 5.74) is 0. The average molecular weight is 417 g/mol. The number of carbonyl (C=O) groups is 1. The van der Waals surface area contributed by atoms with E-state index in [4.69, 9.17) is 4.74 Å². The van der Waals surface area contributed by atoms with E-state index in [0.29, 0.717) is 6.04 Å². The zero-order valence-corrected chi connectivity index (χ0v) is 16.6. The van der Waals surface area contributed by atoms with Crippen LogP contribution in [0.15, 0.2) is 40.9 Å². The molecule has 0 aliphatic carbocycles. The lowest BCUT2D eigenvalue weighted by Crippen LogP contribution is -2.47. The molecule has 138 valence electrons. The highest BCUT2D eigenvalue weighted by molar-refractivity contribution is 9.10. The molecule has 4 nitrogen and oxygen atoms in total. The molecule has 2 saturated heterocycles. The van der Waals surface area contributed by atoms with Crippen LogP contribution in [-0.4, -0.2) is 54.5 Å². The Morgan fingerprint density at radius 3 is 2.46 bits per heavy atom. The molecule has 2 aromatic carbocycles. The van der Waals surface area contributed by atoms with Crippen molar-refractivity contribution in [1.29, 1.82) is 0 Å². The van der Waals surface area contributed by atoms with Crippen molar-refractivity contribution in [2.45, 2.75) is 31.7 Å². The smallest absolute Gasteiger partial charge is 0.260 e. The Morgan fingerprint density at radius 1 is 1.00 bits per heavy atom. The van der Waals surface area contributed by atoms with Gasteiger partial charge in [-0.05, 0) is 73.8 Å². The highest BCUT2D eigenvalue weighted by atomic mass is 79.9. The number of rotatable bonds is 4. The Balaban J connectivity index is 1.29. The minimum absolute atomic E-state index is 0.0979. The van der Waals surface area contributed by atoms with Crippen molar-refractivity contribution in [2.75, 3.05) is 32.8 Å². The van der Waals surface area contributed by atoms with Crippen molar-refractivity contribution in [3.63, 3.8) is 0 Å². The van der Waals surface area contributed by atoms with Gasteiger partial charge in [0.15, 0.2) is 6.61 Å². The van der Waals surface area contributed by atoms with Crippen LogP contribution in [0.1, 0.15) is 25.7 Å². The molecule has 0 radical (unpaired) electrons. The van der Waals surface area contributed by atoms with Crippen LogP contribution in [0.5, 0.6) is 5.75 Å². The average Bonchev–Trinajstić information content (AvgIpc) is 3.21. The maximum absolute atomic E-state index is 12.5. The predicted octanol–water partition coefficient (Wildman–Crippen LogP) is 4.07. The third kappa shape index (κ3) is 4.04. The third-order valence-corrected chi connectivity index (χ3v) is 6.10. The Kier molecular flexibility index (Phi) is 5.46. The van der Waals surface area contributed by atoms with Crippen LogP contribution >= 0.6 is 15.9 Å². The number of hydrogen-bond acceptors (Lipinski definition) is 3. The van der Waals surface area contributed by atoms with Crippen LogP contribution in [0.4, 0.5) is 0 Å². The third-order valence-electron chi connectivity index (χ3n) is 5.61. The van der Waals surface area contributed by atoms with Gasteiger partial charge in [-0.25, -0.2) is 0 Å². The van der Waals surface area contributed by atoms with Gasteiger partial charge in [0.05, 0.1) is 0 Å². The molecule has 2 heterocycles. The van der Waals surface area contributed by atoms with Crippen LogP contribution in [0, 0.1) is 0 Å². The summed E-state index contributed by atoms with van der Waals surface area (Å²) >= 11 is 3.49. The molecule has 5 heteroatoms. The number of ether oxygens (including phenoxy) is 1. The summed E-state index contributed by atoms with van der Waals surface area (Å²) in [7, 11) is 0. The van der Waals surface area contributed by atoms with Crippen LogP contribution in [0.2, 0.25) is 0 Å². The van der Waals surface area contributed by atoms with Crippen molar-refractivity contribution in [2.24, 2.45) is 0 Å². The number of piperidine rings is 1. The highest BCUT2D eigenvalue weighted by Crippen LogP contribution is 2.25. The largest absolute Gasteiger partial charge is 0.484 e. The molecule has 0 bridgehead atoms. The Hall–Kier alpha value is -1.59. The summed E-state index contributed by atoms with van der Waals surface area (Å²) in [6.07, 6.45) is 4.85. The van der Waals surface area contributed by atoms with Gasteiger partial charge in [-0.2, -0.15) is 0 Å². The maximum atomic E-state index is 12.5. The first-order chi connectivity index (χ1) is 12.7. The minimum Gasteiger partial charge on any atom is -0.484 e. The fourth-order valence-corrected chi connectivity index (χ4v) is 4.49. The van der Waals surface area contributed by atoms with Gasteiger partial charge in [-0.1, -0.05) is 28.1 Å². The molecule has 26 heavy (non-hydrogen) atoms. The van der Waals surface area contributed by atoms with Gasteiger partial charge in [0.2, 0.25) is 0 Å². The van der Waals surface area contributed by atoms with Gasteiger partial charge in [0, 0.05) is 23.6 Å². The van der Waals surface area contributed by atoms with Gasteiger partial charge < -0.3 is 14.5 Å². The summed E-state index contributed by atoms with van der Waals surface area (Å²) < 4.78 is 6.83. The van der Waals surface area contributed by atoms with E-state index in [0.717, 1.165) is 46.9 Å². The zero-order chi connectivity index (χ0) is 17.9. The van der Waals surface area contributed by atoms with Gasteiger partial charge in [-0.3, -0.25) is 4.79 Å². The number of fused-ring (bicyclic) bond motifs is 1. The first kappa shape index (κ1) is 17.8. The van der Waals surface area contributed by atoms with Crippen molar-refractivity contribution in [1.82, 2.24) is 9.80 Å². The summed E-state index contributed by atoms with van der Waals surface area (Å²) in [5, 5.41) is 2.27. The van der Waals surface area contributed by atoms with E-state index in [-0.39, 0.29) is 12.5 Å². The SMILES string of the molecule is O=C(COc1ccc2cc(Br)ccc2c1)N1CCC(N2CCCC2)CC1. The first-order valence-corrected chi connectivity index (χ1v) is 10.3. The van der Waals surface area contributed by atoms with Crippen molar-refractivity contribution in [3.05, 3.63) is 40.9 Å². The number of hydrogen-bond donors (Lipinski definition) is 0. The molecule has 0 spiro atoms. The van der Waals surface area contributed by atoms with Crippen molar-refractivity contribution < 1.29 is 9.53 Å². The molecular weight excluding hydrogens is 392 g/mol. The number of likely N-dealkylation sites (tertiary alicyclic amines) is 2. The van der Waals surface area contributed by atoms with Gasteiger partial charge in [0.1, 0.15) is 5.75 Å². The number of carbonyl (C=O) groups excluding carboxylic acids is 1. The fraction of sp³-hybridized carbons (Fsp3) is 0.476. The van der Waals surface area contributed by atoms with E-state index in [1.54, 1.807) is 0 Å². The lowest BCUT2D eigenvalue weighted by molar-refractivity contribution is -0.134. The molecular formula is C21H25BrN2O2. The van der Waals surface area contributed by atoms with Crippen molar-refractivity contribution >= 4 is 32.6 Å². The summed E-state index contributed by atoms with van der Waals surface area (Å²) in [6, 6.07) is 12.8. The molecule has 4 rings (SSSR count). The second-order valence-electron chi connectivity index (χ2n) is 7.30. The summed E-state index contributed by atoms with van der Waals surface area (Å²) in [6.45, 7) is 4.31.